The molecule has 1 aliphatic rings. The quantitative estimate of drug-likeness (QED) is 0.640. The lowest BCUT2D eigenvalue weighted by atomic mass is 9.88. The van der Waals surface area contributed by atoms with Crippen LogP contribution in [0.3, 0.4) is 0 Å². The first-order valence-electron chi connectivity index (χ1n) is 4.46. The molecule has 0 aliphatic heterocycles. The zero-order chi connectivity index (χ0) is 8.10. The molecule has 0 atom stereocenters. The van der Waals surface area contributed by atoms with Gasteiger partial charge in [0.15, 0.2) is 0 Å². The van der Waals surface area contributed by atoms with E-state index in [1.54, 1.807) is 0 Å². The molecule has 11 heavy (non-hydrogen) atoms. The van der Waals surface area contributed by atoms with E-state index in [4.69, 9.17) is 0 Å². The van der Waals surface area contributed by atoms with Gasteiger partial charge in [-0.25, -0.2) is 0 Å². The summed E-state index contributed by atoms with van der Waals surface area (Å²) in [5.74, 6) is 0.894. The first-order chi connectivity index (χ1) is 5.36. The molecule has 0 saturated heterocycles. The molecular formula is C9H18N2. The molecule has 0 heterocycles. The molecule has 0 aromatic heterocycles. The zero-order valence-electron chi connectivity index (χ0n) is 7.56. The minimum absolute atomic E-state index is 0.894. The standard InChI is InChI=1S/C9H18N2/c1-10-7-8-3-5-9(11-2)6-4-8/h8,10H,3-7H2,1-2H3. The first-order valence-corrected chi connectivity index (χ1v) is 4.46. The predicted octanol–water partition coefficient (Wildman–Crippen LogP) is 1.47. The summed E-state index contributed by atoms with van der Waals surface area (Å²) in [4.78, 5) is 4.24. The minimum atomic E-state index is 0.894. The molecular weight excluding hydrogens is 136 g/mol. The predicted molar refractivity (Wildman–Crippen MR) is 49.2 cm³/mol. The van der Waals surface area contributed by atoms with Gasteiger partial charge in [-0.1, -0.05) is 0 Å². The van der Waals surface area contributed by atoms with Crippen LogP contribution in [0.5, 0.6) is 0 Å². The van der Waals surface area contributed by atoms with Crippen LogP contribution in [-0.2, 0) is 0 Å². The Labute approximate surface area is 69.1 Å². The maximum atomic E-state index is 4.24. The number of hydrogen-bond donors (Lipinski definition) is 1. The van der Waals surface area contributed by atoms with Crippen LogP contribution in [0.1, 0.15) is 25.7 Å². The van der Waals surface area contributed by atoms with Gasteiger partial charge in [0.25, 0.3) is 0 Å². The zero-order valence-corrected chi connectivity index (χ0v) is 7.56. The summed E-state index contributed by atoms with van der Waals surface area (Å²) in [5, 5.41) is 3.23. The van der Waals surface area contributed by atoms with Crippen LogP contribution in [-0.4, -0.2) is 26.4 Å². The summed E-state index contributed by atoms with van der Waals surface area (Å²) in [7, 11) is 3.94. The van der Waals surface area contributed by atoms with Crippen molar-refractivity contribution in [2.45, 2.75) is 25.7 Å². The van der Waals surface area contributed by atoms with Gasteiger partial charge in [-0.3, -0.25) is 4.99 Å². The van der Waals surface area contributed by atoms with Crippen molar-refractivity contribution in [3.8, 4) is 0 Å². The van der Waals surface area contributed by atoms with Crippen LogP contribution in [0.25, 0.3) is 0 Å². The molecule has 1 N–H and O–H groups in total. The maximum absolute atomic E-state index is 4.24. The fraction of sp³-hybridized carbons (Fsp3) is 0.889. The fourth-order valence-electron chi connectivity index (χ4n) is 1.73. The number of rotatable bonds is 2. The Bertz CT molecular complexity index is 130. The van der Waals surface area contributed by atoms with Crippen LogP contribution in [0, 0.1) is 5.92 Å². The van der Waals surface area contributed by atoms with E-state index >= 15 is 0 Å². The minimum Gasteiger partial charge on any atom is -0.319 e. The largest absolute Gasteiger partial charge is 0.319 e. The highest BCUT2D eigenvalue weighted by Crippen LogP contribution is 2.21. The van der Waals surface area contributed by atoms with Crippen molar-refractivity contribution in [3.63, 3.8) is 0 Å². The van der Waals surface area contributed by atoms with E-state index in [0.29, 0.717) is 0 Å². The third kappa shape index (κ3) is 2.62. The molecule has 0 bridgehead atoms. The van der Waals surface area contributed by atoms with Gasteiger partial charge in [-0.15, -0.1) is 0 Å². The summed E-state index contributed by atoms with van der Waals surface area (Å²) in [6, 6.07) is 0. The highest BCUT2D eigenvalue weighted by atomic mass is 14.8. The van der Waals surface area contributed by atoms with Crippen molar-refractivity contribution in [1.82, 2.24) is 5.32 Å². The van der Waals surface area contributed by atoms with Crippen molar-refractivity contribution in [2.24, 2.45) is 10.9 Å². The Morgan fingerprint density at radius 3 is 2.55 bits per heavy atom. The van der Waals surface area contributed by atoms with Gasteiger partial charge in [-0.2, -0.15) is 0 Å². The molecule has 0 radical (unpaired) electrons. The van der Waals surface area contributed by atoms with E-state index in [0.717, 1.165) is 5.92 Å². The molecule has 0 amide bonds. The van der Waals surface area contributed by atoms with Gasteiger partial charge in [0.1, 0.15) is 0 Å². The average molecular weight is 154 g/mol. The van der Waals surface area contributed by atoms with Gasteiger partial charge in [0, 0.05) is 12.8 Å². The fourth-order valence-corrected chi connectivity index (χ4v) is 1.73. The average Bonchev–Trinajstić information content (AvgIpc) is 2.07. The first kappa shape index (κ1) is 8.72. The summed E-state index contributed by atoms with van der Waals surface area (Å²) in [5.41, 5.74) is 1.41. The summed E-state index contributed by atoms with van der Waals surface area (Å²) < 4.78 is 0. The van der Waals surface area contributed by atoms with Crippen molar-refractivity contribution < 1.29 is 0 Å². The number of nitrogens with zero attached hydrogens (tertiary/aromatic N) is 1. The molecule has 0 unspecified atom stereocenters. The molecule has 1 aliphatic carbocycles. The summed E-state index contributed by atoms with van der Waals surface area (Å²) >= 11 is 0. The number of nitrogens with one attached hydrogen (secondary N) is 1. The SMILES string of the molecule is CN=C1CCC(CNC)CC1. The second-order valence-electron chi connectivity index (χ2n) is 3.29. The van der Waals surface area contributed by atoms with Crippen LogP contribution in [0.2, 0.25) is 0 Å². The summed E-state index contributed by atoms with van der Waals surface area (Å²) in [6.07, 6.45) is 5.10. The van der Waals surface area contributed by atoms with E-state index in [1.807, 2.05) is 14.1 Å². The molecule has 1 saturated carbocycles. The second-order valence-corrected chi connectivity index (χ2v) is 3.29. The highest BCUT2D eigenvalue weighted by Gasteiger charge is 2.15. The molecule has 2 nitrogen and oxygen atoms in total. The Morgan fingerprint density at radius 1 is 1.45 bits per heavy atom. The molecule has 0 aromatic carbocycles. The van der Waals surface area contributed by atoms with E-state index < -0.39 is 0 Å². The lowest BCUT2D eigenvalue weighted by Crippen LogP contribution is -2.23. The van der Waals surface area contributed by atoms with Gasteiger partial charge < -0.3 is 5.32 Å². The van der Waals surface area contributed by atoms with Crippen molar-refractivity contribution >= 4 is 5.71 Å². The van der Waals surface area contributed by atoms with Crippen molar-refractivity contribution in [2.75, 3.05) is 20.6 Å². The maximum Gasteiger partial charge on any atom is 0.0276 e. The third-order valence-corrected chi connectivity index (χ3v) is 2.49. The molecule has 1 fully saturated rings. The van der Waals surface area contributed by atoms with E-state index in [9.17, 15) is 0 Å². The monoisotopic (exact) mass is 154 g/mol. The lowest BCUT2D eigenvalue weighted by Gasteiger charge is -2.22. The van der Waals surface area contributed by atoms with Gasteiger partial charge in [0.05, 0.1) is 0 Å². The molecule has 64 valence electrons. The third-order valence-electron chi connectivity index (χ3n) is 2.49. The van der Waals surface area contributed by atoms with Gasteiger partial charge in [-0.05, 0) is 45.2 Å². The Hall–Kier alpha value is -0.370. The van der Waals surface area contributed by atoms with Crippen LogP contribution in [0.4, 0.5) is 0 Å². The van der Waals surface area contributed by atoms with Gasteiger partial charge >= 0.3 is 0 Å². The van der Waals surface area contributed by atoms with E-state index in [-0.39, 0.29) is 0 Å². The lowest BCUT2D eigenvalue weighted by molar-refractivity contribution is 0.425. The normalized spacial score (nSPS) is 25.3. The topological polar surface area (TPSA) is 24.4 Å². The molecule has 0 spiro atoms. The number of hydrogen-bond acceptors (Lipinski definition) is 2. The van der Waals surface area contributed by atoms with Crippen molar-refractivity contribution in [3.05, 3.63) is 0 Å². The van der Waals surface area contributed by atoms with Crippen LogP contribution >= 0.6 is 0 Å². The Kier molecular flexibility index (Phi) is 3.57. The van der Waals surface area contributed by atoms with Gasteiger partial charge in [0.2, 0.25) is 0 Å². The van der Waals surface area contributed by atoms with Crippen LogP contribution in [0.15, 0.2) is 4.99 Å². The summed E-state index contributed by atoms with van der Waals surface area (Å²) in [6.45, 7) is 1.18. The molecule has 1 rings (SSSR count). The number of aliphatic imine (C=N–C) groups is 1. The van der Waals surface area contributed by atoms with Crippen LogP contribution < -0.4 is 5.32 Å². The van der Waals surface area contributed by atoms with Crippen molar-refractivity contribution in [1.29, 1.82) is 0 Å². The Morgan fingerprint density at radius 2 is 2.09 bits per heavy atom. The molecule has 2 heteroatoms. The van der Waals surface area contributed by atoms with E-state index in [1.165, 1.54) is 37.9 Å². The Balaban J connectivity index is 2.24. The highest BCUT2D eigenvalue weighted by molar-refractivity contribution is 5.84. The molecule has 0 aromatic rings. The second kappa shape index (κ2) is 4.50. The smallest absolute Gasteiger partial charge is 0.0276 e. The van der Waals surface area contributed by atoms with E-state index in [2.05, 4.69) is 10.3 Å².